The van der Waals surface area contributed by atoms with E-state index in [1.807, 2.05) is 22.7 Å². The summed E-state index contributed by atoms with van der Waals surface area (Å²) in [6.45, 7) is 6.32. The molecule has 3 nitrogen and oxygen atoms in total. The van der Waals surface area contributed by atoms with E-state index in [-0.39, 0.29) is 5.41 Å². The average molecular weight is 224 g/mol. The molecule has 0 aliphatic heterocycles. The minimum atomic E-state index is -0.0355. The molecule has 0 fully saturated rings. The van der Waals surface area contributed by atoms with Crippen LogP contribution in [-0.2, 0) is 5.41 Å². The molecule has 0 amide bonds. The Labute approximate surface area is 93.9 Å². The number of anilines is 1. The number of hydrogen-bond donors (Lipinski definition) is 1. The number of hydrogen-bond acceptors (Lipinski definition) is 2. The molecule has 0 aliphatic carbocycles. The van der Waals surface area contributed by atoms with Crippen LogP contribution in [0.3, 0.4) is 0 Å². The van der Waals surface area contributed by atoms with Gasteiger partial charge in [-0.15, -0.1) is 0 Å². The lowest BCUT2D eigenvalue weighted by Gasteiger charge is -2.16. The maximum absolute atomic E-state index is 6.07. The zero-order valence-corrected chi connectivity index (χ0v) is 9.84. The minimum absolute atomic E-state index is 0.0355. The second kappa shape index (κ2) is 3.14. The maximum Gasteiger partial charge on any atom is 0.155 e. The number of fused-ring (bicyclic) bond motifs is 1. The fourth-order valence-corrected chi connectivity index (χ4v) is 1.82. The molecule has 2 N–H and O–H groups in total. The molecule has 0 aliphatic rings. The van der Waals surface area contributed by atoms with Crippen molar-refractivity contribution >= 4 is 22.8 Å². The molecule has 0 unspecified atom stereocenters. The van der Waals surface area contributed by atoms with Crippen LogP contribution >= 0.6 is 11.6 Å². The molecule has 4 heteroatoms. The van der Waals surface area contributed by atoms with E-state index in [1.165, 1.54) is 0 Å². The third-order valence-electron chi connectivity index (χ3n) is 2.29. The summed E-state index contributed by atoms with van der Waals surface area (Å²) in [6, 6.07) is 3.69. The minimum Gasteiger partial charge on any atom is -0.399 e. The zero-order chi connectivity index (χ0) is 11.2. The predicted octanol–water partition coefficient (Wildman–Crippen LogP) is 2.87. The van der Waals surface area contributed by atoms with Gasteiger partial charge in [0.15, 0.2) is 5.15 Å². The molecule has 0 aromatic carbocycles. The van der Waals surface area contributed by atoms with Gasteiger partial charge in [0, 0.05) is 17.3 Å². The normalized spacial score (nSPS) is 12.3. The first-order valence-electron chi connectivity index (χ1n) is 4.83. The van der Waals surface area contributed by atoms with Crippen molar-refractivity contribution in [2.24, 2.45) is 0 Å². The number of imidazole rings is 1. The van der Waals surface area contributed by atoms with Gasteiger partial charge < -0.3 is 10.1 Å². The molecular formula is C11H14ClN3. The van der Waals surface area contributed by atoms with Crippen molar-refractivity contribution in [1.29, 1.82) is 0 Å². The van der Waals surface area contributed by atoms with Crippen molar-refractivity contribution in [2.45, 2.75) is 26.2 Å². The van der Waals surface area contributed by atoms with Crippen molar-refractivity contribution in [3.63, 3.8) is 0 Å². The molecule has 0 radical (unpaired) electrons. The van der Waals surface area contributed by atoms with Gasteiger partial charge in [-0.25, -0.2) is 4.98 Å². The van der Waals surface area contributed by atoms with Crippen LogP contribution in [0.15, 0.2) is 18.3 Å². The standard InChI is InChI=1S/C11H14ClN3/c1-11(2,3)10-14-9(12)8-6-7(13)4-5-15(8)10/h4-6H,13H2,1-3H3. The summed E-state index contributed by atoms with van der Waals surface area (Å²) < 4.78 is 1.98. The second-order valence-electron chi connectivity index (χ2n) is 4.69. The van der Waals surface area contributed by atoms with Crippen LogP contribution in [0.5, 0.6) is 0 Å². The molecule has 2 aromatic heterocycles. The molecule has 15 heavy (non-hydrogen) atoms. The molecule has 0 bridgehead atoms. The summed E-state index contributed by atoms with van der Waals surface area (Å²) >= 11 is 6.07. The Morgan fingerprint density at radius 1 is 1.40 bits per heavy atom. The molecular weight excluding hydrogens is 210 g/mol. The summed E-state index contributed by atoms with van der Waals surface area (Å²) in [5, 5.41) is 0.507. The predicted molar refractivity (Wildman–Crippen MR) is 63.3 cm³/mol. The average Bonchev–Trinajstić information content (AvgIpc) is 2.43. The van der Waals surface area contributed by atoms with Crippen molar-refractivity contribution < 1.29 is 0 Å². The van der Waals surface area contributed by atoms with Crippen LogP contribution in [0.4, 0.5) is 5.69 Å². The summed E-state index contributed by atoms with van der Waals surface area (Å²) in [5.74, 6) is 0.947. The van der Waals surface area contributed by atoms with Gasteiger partial charge in [0.2, 0.25) is 0 Å². The molecule has 0 atom stereocenters. The Hall–Kier alpha value is -1.22. The lowest BCUT2D eigenvalue weighted by Crippen LogP contribution is -2.15. The SMILES string of the molecule is CC(C)(C)c1nc(Cl)c2cc(N)ccn12. The second-order valence-corrected chi connectivity index (χ2v) is 5.05. The van der Waals surface area contributed by atoms with Gasteiger partial charge in [0.05, 0.1) is 5.52 Å². The number of nitrogens with zero attached hydrogens (tertiary/aromatic N) is 2. The van der Waals surface area contributed by atoms with Crippen molar-refractivity contribution in [1.82, 2.24) is 9.38 Å². The van der Waals surface area contributed by atoms with Gasteiger partial charge in [-0.05, 0) is 12.1 Å². The third-order valence-corrected chi connectivity index (χ3v) is 2.57. The molecule has 2 aromatic rings. The van der Waals surface area contributed by atoms with Crippen LogP contribution in [0.25, 0.3) is 5.52 Å². The highest BCUT2D eigenvalue weighted by Gasteiger charge is 2.21. The number of halogens is 1. The topological polar surface area (TPSA) is 43.3 Å². The highest BCUT2D eigenvalue weighted by atomic mass is 35.5. The summed E-state index contributed by atoms with van der Waals surface area (Å²) in [6.07, 6.45) is 1.91. The first-order chi connectivity index (χ1) is 6.89. The number of rotatable bonds is 0. The quantitative estimate of drug-likeness (QED) is 0.747. The first-order valence-corrected chi connectivity index (χ1v) is 5.21. The van der Waals surface area contributed by atoms with E-state index in [4.69, 9.17) is 17.3 Å². The zero-order valence-electron chi connectivity index (χ0n) is 9.08. The first kappa shape index (κ1) is 10.3. The van der Waals surface area contributed by atoms with Gasteiger partial charge in [-0.1, -0.05) is 32.4 Å². The van der Waals surface area contributed by atoms with E-state index in [0.29, 0.717) is 10.8 Å². The summed E-state index contributed by atoms with van der Waals surface area (Å²) in [5.41, 5.74) is 7.24. The van der Waals surface area contributed by atoms with Crippen LogP contribution in [0.1, 0.15) is 26.6 Å². The molecule has 0 saturated carbocycles. The van der Waals surface area contributed by atoms with Crippen LogP contribution in [0, 0.1) is 0 Å². The van der Waals surface area contributed by atoms with E-state index >= 15 is 0 Å². The summed E-state index contributed by atoms with van der Waals surface area (Å²) in [4.78, 5) is 4.37. The van der Waals surface area contributed by atoms with Gasteiger partial charge in [-0.2, -0.15) is 0 Å². The van der Waals surface area contributed by atoms with Crippen LogP contribution in [0.2, 0.25) is 5.15 Å². The van der Waals surface area contributed by atoms with E-state index in [1.54, 1.807) is 0 Å². The fraction of sp³-hybridized carbons (Fsp3) is 0.364. The number of nitrogens with two attached hydrogens (primary N) is 1. The number of aromatic nitrogens is 2. The van der Waals surface area contributed by atoms with E-state index in [0.717, 1.165) is 11.3 Å². The lowest BCUT2D eigenvalue weighted by molar-refractivity contribution is 0.543. The van der Waals surface area contributed by atoms with Crippen molar-refractivity contribution in [3.05, 3.63) is 29.3 Å². The van der Waals surface area contributed by atoms with Gasteiger partial charge in [0.25, 0.3) is 0 Å². The molecule has 2 rings (SSSR count). The highest BCUT2D eigenvalue weighted by molar-refractivity contribution is 6.32. The van der Waals surface area contributed by atoms with Crippen molar-refractivity contribution in [2.75, 3.05) is 5.73 Å². The van der Waals surface area contributed by atoms with E-state index < -0.39 is 0 Å². The van der Waals surface area contributed by atoms with Crippen LogP contribution in [-0.4, -0.2) is 9.38 Å². The molecule has 80 valence electrons. The maximum atomic E-state index is 6.07. The monoisotopic (exact) mass is 223 g/mol. The molecule has 2 heterocycles. The summed E-state index contributed by atoms with van der Waals surface area (Å²) in [7, 11) is 0. The van der Waals surface area contributed by atoms with Crippen molar-refractivity contribution in [3.8, 4) is 0 Å². The largest absolute Gasteiger partial charge is 0.399 e. The Balaban J connectivity index is 2.79. The number of pyridine rings is 1. The van der Waals surface area contributed by atoms with E-state index in [2.05, 4.69) is 25.8 Å². The van der Waals surface area contributed by atoms with E-state index in [9.17, 15) is 0 Å². The molecule has 0 saturated heterocycles. The van der Waals surface area contributed by atoms with Gasteiger partial charge >= 0.3 is 0 Å². The van der Waals surface area contributed by atoms with Gasteiger partial charge in [-0.3, -0.25) is 0 Å². The number of nitrogen functional groups attached to an aromatic ring is 1. The lowest BCUT2D eigenvalue weighted by atomic mass is 9.96. The Morgan fingerprint density at radius 2 is 2.07 bits per heavy atom. The highest BCUT2D eigenvalue weighted by Crippen LogP contribution is 2.27. The van der Waals surface area contributed by atoms with Crippen LogP contribution < -0.4 is 5.73 Å². The Kier molecular flexibility index (Phi) is 2.15. The molecule has 0 spiro atoms. The smallest absolute Gasteiger partial charge is 0.155 e. The fourth-order valence-electron chi connectivity index (χ4n) is 1.59. The Morgan fingerprint density at radius 3 is 2.67 bits per heavy atom. The van der Waals surface area contributed by atoms with Gasteiger partial charge in [0.1, 0.15) is 5.82 Å². The third kappa shape index (κ3) is 1.67. The Bertz CT molecular complexity index is 508.